The van der Waals surface area contributed by atoms with Crippen LogP contribution in [-0.2, 0) is 4.79 Å². The summed E-state index contributed by atoms with van der Waals surface area (Å²) in [5.74, 6) is 0.635. The van der Waals surface area contributed by atoms with Gasteiger partial charge in [0.1, 0.15) is 5.75 Å². The van der Waals surface area contributed by atoms with Crippen LogP contribution in [0.3, 0.4) is 0 Å². The lowest BCUT2D eigenvalue weighted by molar-refractivity contribution is -0.118. The summed E-state index contributed by atoms with van der Waals surface area (Å²) in [6.07, 6.45) is 3.08. The van der Waals surface area contributed by atoms with Crippen LogP contribution in [0.2, 0.25) is 5.02 Å². The second-order valence-corrected chi connectivity index (χ2v) is 4.74. The van der Waals surface area contributed by atoms with Crippen LogP contribution in [0, 0.1) is 0 Å². The number of hydrogen-bond donors (Lipinski definition) is 2. The van der Waals surface area contributed by atoms with Crippen LogP contribution in [0.1, 0.15) is 19.3 Å². The maximum absolute atomic E-state index is 12.0. The first kappa shape index (κ1) is 13.2. The van der Waals surface area contributed by atoms with Gasteiger partial charge in [-0.15, -0.1) is 0 Å². The number of carbonyl (C=O) groups is 1. The minimum atomic E-state index is -0.124. The van der Waals surface area contributed by atoms with Gasteiger partial charge in [-0.05, 0) is 31.5 Å². The molecular weight excluding hydrogens is 252 g/mol. The van der Waals surface area contributed by atoms with Crippen LogP contribution >= 0.6 is 11.6 Å². The predicted octanol–water partition coefficient (Wildman–Crippen LogP) is 2.43. The Bertz CT molecular complexity index is 431. The van der Waals surface area contributed by atoms with Gasteiger partial charge in [-0.1, -0.05) is 18.0 Å². The van der Waals surface area contributed by atoms with E-state index in [1.165, 1.54) is 0 Å². The van der Waals surface area contributed by atoms with Crippen molar-refractivity contribution in [3.63, 3.8) is 0 Å². The predicted molar refractivity (Wildman–Crippen MR) is 72.3 cm³/mol. The molecule has 1 aliphatic rings. The van der Waals surface area contributed by atoms with Crippen LogP contribution < -0.4 is 15.4 Å². The second-order valence-electron chi connectivity index (χ2n) is 4.34. The molecule has 2 rings (SSSR count). The highest BCUT2D eigenvalue weighted by Crippen LogP contribution is 2.27. The molecular formula is C13H17ClN2O2. The summed E-state index contributed by atoms with van der Waals surface area (Å²) in [4.78, 5) is 12.0. The Morgan fingerprint density at radius 1 is 1.50 bits per heavy atom. The normalized spacial score (nSPS) is 19.3. The molecule has 1 saturated heterocycles. The van der Waals surface area contributed by atoms with Gasteiger partial charge in [0.25, 0.3) is 0 Å². The Morgan fingerprint density at radius 3 is 3.00 bits per heavy atom. The Kier molecular flexibility index (Phi) is 4.44. The zero-order chi connectivity index (χ0) is 13.0. The Morgan fingerprint density at radius 2 is 2.33 bits per heavy atom. The van der Waals surface area contributed by atoms with E-state index in [2.05, 4.69) is 10.6 Å². The van der Waals surface area contributed by atoms with Crippen LogP contribution in [0.15, 0.2) is 18.2 Å². The third-order valence-corrected chi connectivity index (χ3v) is 3.39. The number of piperidine rings is 1. The summed E-state index contributed by atoms with van der Waals surface area (Å²) in [7, 11) is 1.58. The largest absolute Gasteiger partial charge is 0.497 e. The monoisotopic (exact) mass is 268 g/mol. The average Bonchev–Trinajstić information content (AvgIpc) is 2.42. The van der Waals surface area contributed by atoms with Crippen LogP contribution in [0.25, 0.3) is 0 Å². The van der Waals surface area contributed by atoms with Gasteiger partial charge in [-0.25, -0.2) is 0 Å². The van der Waals surface area contributed by atoms with Crippen molar-refractivity contribution in [3.05, 3.63) is 23.2 Å². The zero-order valence-electron chi connectivity index (χ0n) is 10.3. The van der Waals surface area contributed by atoms with Crippen molar-refractivity contribution in [1.82, 2.24) is 5.32 Å². The van der Waals surface area contributed by atoms with Crippen LogP contribution in [0.4, 0.5) is 5.69 Å². The lowest BCUT2D eigenvalue weighted by Crippen LogP contribution is -2.43. The number of amides is 1. The van der Waals surface area contributed by atoms with Crippen molar-refractivity contribution in [2.75, 3.05) is 19.0 Å². The summed E-state index contributed by atoms with van der Waals surface area (Å²) in [6.45, 7) is 0.893. The summed E-state index contributed by atoms with van der Waals surface area (Å²) in [6, 6.07) is 5.07. The van der Waals surface area contributed by atoms with E-state index in [9.17, 15) is 4.79 Å². The van der Waals surface area contributed by atoms with Crippen molar-refractivity contribution >= 4 is 23.2 Å². The first-order valence-corrected chi connectivity index (χ1v) is 6.46. The fraction of sp³-hybridized carbons (Fsp3) is 0.462. The minimum Gasteiger partial charge on any atom is -0.497 e. The highest BCUT2D eigenvalue weighted by atomic mass is 35.5. The third-order valence-electron chi connectivity index (χ3n) is 3.06. The van der Waals surface area contributed by atoms with E-state index in [4.69, 9.17) is 16.3 Å². The van der Waals surface area contributed by atoms with Gasteiger partial charge in [0.15, 0.2) is 0 Å². The SMILES string of the molecule is COc1ccc(Cl)c(NC(=O)[C@@H]2CCCCN2)c1. The number of rotatable bonds is 3. The van der Waals surface area contributed by atoms with E-state index < -0.39 is 0 Å². The molecule has 98 valence electrons. The molecule has 0 saturated carbocycles. The molecule has 5 heteroatoms. The lowest BCUT2D eigenvalue weighted by Gasteiger charge is -2.22. The molecule has 1 aromatic rings. The molecule has 0 aliphatic carbocycles. The summed E-state index contributed by atoms with van der Waals surface area (Å²) in [5, 5.41) is 6.56. The van der Waals surface area contributed by atoms with E-state index in [0.717, 1.165) is 25.8 Å². The molecule has 2 N–H and O–H groups in total. The number of hydrogen-bond acceptors (Lipinski definition) is 3. The van der Waals surface area contributed by atoms with Gasteiger partial charge in [-0.2, -0.15) is 0 Å². The molecule has 1 amide bonds. The molecule has 0 spiro atoms. The van der Waals surface area contributed by atoms with E-state index in [-0.39, 0.29) is 11.9 Å². The third kappa shape index (κ3) is 3.15. The van der Waals surface area contributed by atoms with Crippen molar-refractivity contribution < 1.29 is 9.53 Å². The topological polar surface area (TPSA) is 50.4 Å². The average molecular weight is 269 g/mol. The number of anilines is 1. The summed E-state index contributed by atoms with van der Waals surface area (Å²) >= 11 is 6.05. The van der Waals surface area contributed by atoms with Crippen molar-refractivity contribution in [3.8, 4) is 5.75 Å². The van der Waals surface area contributed by atoms with Gasteiger partial charge in [0.2, 0.25) is 5.91 Å². The highest BCUT2D eigenvalue weighted by molar-refractivity contribution is 6.33. The molecule has 1 atom stereocenters. The standard InChI is InChI=1S/C13H17ClN2O2/c1-18-9-5-6-10(14)12(8-9)16-13(17)11-4-2-3-7-15-11/h5-6,8,11,15H,2-4,7H2,1H3,(H,16,17)/t11-/m0/s1. The maximum atomic E-state index is 12.0. The van der Waals surface area contributed by atoms with E-state index in [0.29, 0.717) is 16.5 Å². The fourth-order valence-corrected chi connectivity index (χ4v) is 2.19. The molecule has 0 unspecified atom stereocenters. The number of methoxy groups -OCH3 is 1. The lowest BCUT2D eigenvalue weighted by atomic mass is 10.0. The maximum Gasteiger partial charge on any atom is 0.241 e. The quantitative estimate of drug-likeness (QED) is 0.885. The zero-order valence-corrected chi connectivity index (χ0v) is 11.1. The molecule has 1 aliphatic heterocycles. The number of carbonyl (C=O) groups excluding carboxylic acids is 1. The Labute approximate surface area is 112 Å². The molecule has 1 heterocycles. The summed E-state index contributed by atoms with van der Waals surface area (Å²) < 4.78 is 5.11. The van der Waals surface area contributed by atoms with Crippen molar-refractivity contribution in [2.45, 2.75) is 25.3 Å². The second kappa shape index (κ2) is 6.07. The molecule has 1 fully saturated rings. The van der Waals surface area contributed by atoms with Gasteiger partial charge < -0.3 is 15.4 Å². The van der Waals surface area contributed by atoms with Crippen molar-refractivity contribution in [1.29, 1.82) is 0 Å². The minimum absolute atomic E-state index is 0.0372. The fourth-order valence-electron chi connectivity index (χ4n) is 2.02. The van der Waals surface area contributed by atoms with Crippen molar-refractivity contribution in [2.24, 2.45) is 0 Å². The van der Waals surface area contributed by atoms with Gasteiger partial charge >= 0.3 is 0 Å². The summed E-state index contributed by atoms with van der Waals surface area (Å²) in [5.41, 5.74) is 0.591. The number of benzene rings is 1. The molecule has 4 nitrogen and oxygen atoms in total. The van der Waals surface area contributed by atoms with E-state index >= 15 is 0 Å². The van der Waals surface area contributed by atoms with E-state index in [1.807, 2.05) is 0 Å². The number of halogens is 1. The van der Waals surface area contributed by atoms with Gasteiger partial charge in [-0.3, -0.25) is 4.79 Å². The van der Waals surface area contributed by atoms with Gasteiger partial charge in [0, 0.05) is 6.07 Å². The van der Waals surface area contributed by atoms with Crippen LogP contribution in [-0.4, -0.2) is 25.6 Å². The molecule has 0 aromatic heterocycles. The number of nitrogens with one attached hydrogen (secondary N) is 2. The Balaban J connectivity index is 2.05. The molecule has 0 bridgehead atoms. The Hall–Kier alpha value is -1.26. The highest BCUT2D eigenvalue weighted by Gasteiger charge is 2.21. The number of ether oxygens (including phenoxy) is 1. The van der Waals surface area contributed by atoms with Gasteiger partial charge in [0.05, 0.1) is 23.9 Å². The first-order chi connectivity index (χ1) is 8.70. The smallest absolute Gasteiger partial charge is 0.241 e. The molecule has 18 heavy (non-hydrogen) atoms. The van der Waals surface area contributed by atoms with Crippen LogP contribution in [0.5, 0.6) is 5.75 Å². The van der Waals surface area contributed by atoms with E-state index in [1.54, 1.807) is 25.3 Å². The molecule has 1 aromatic carbocycles. The molecule has 0 radical (unpaired) electrons. The first-order valence-electron chi connectivity index (χ1n) is 6.08.